The maximum absolute atomic E-state index is 12.0. The fraction of sp³-hybridized carbons (Fsp3) is 0.684. The van der Waals surface area contributed by atoms with Crippen LogP contribution >= 0.6 is 0 Å². The van der Waals surface area contributed by atoms with E-state index in [9.17, 15) is 4.79 Å². The van der Waals surface area contributed by atoms with Crippen LogP contribution in [0.2, 0.25) is 0 Å². The smallest absolute Gasteiger partial charge is 0.315 e. The highest BCUT2D eigenvalue weighted by atomic mass is 16.5. The van der Waals surface area contributed by atoms with Gasteiger partial charge in [-0.3, -0.25) is 4.98 Å². The van der Waals surface area contributed by atoms with Crippen molar-refractivity contribution >= 4 is 6.03 Å². The molecule has 138 valence electrons. The van der Waals surface area contributed by atoms with Crippen LogP contribution < -0.4 is 10.6 Å². The number of pyridine rings is 1. The minimum Gasteiger partial charge on any atom is -0.381 e. The Morgan fingerprint density at radius 2 is 2.16 bits per heavy atom. The molecule has 0 saturated carbocycles. The van der Waals surface area contributed by atoms with Crippen molar-refractivity contribution in [2.24, 2.45) is 5.92 Å². The fourth-order valence-electron chi connectivity index (χ4n) is 3.56. The molecule has 0 spiro atoms. The summed E-state index contributed by atoms with van der Waals surface area (Å²) >= 11 is 0. The number of likely N-dealkylation sites (tertiary alicyclic amines) is 1. The maximum atomic E-state index is 12.0. The topological polar surface area (TPSA) is 66.5 Å². The number of nitrogens with one attached hydrogen (secondary N) is 2. The Hall–Kier alpha value is -1.66. The van der Waals surface area contributed by atoms with Crippen molar-refractivity contribution in [3.8, 4) is 0 Å². The standard InChI is InChI=1S/C19H30N4O2/c1-15-2-3-16(12-21-15)4-8-20-19(24)22-18-5-9-23(10-6-18)13-17-7-11-25-14-17/h2-3,12,17-18H,4-11,13-14H2,1H3,(H2,20,22,24). The van der Waals surface area contributed by atoms with Gasteiger partial charge in [-0.2, -0.15) is 0 Å². The average molecular weight is 346 g/mol. The number of piperidine rings is 1. The summed E-state index contributed by atoms with van der Waals surface area (Å²) in [7, 11) is 0. The second-order valence-corrected chi connectivity index (χ2v) is 7.26. The van der Waals surface area contributed by atoms with Crippen molar-refractivity contribution in [3.05, 3.63) is 29.6 Å². The van der Waals surface area contributed by atoms with E-state index >= 15 is 0 Å². The monoisotopic (exact) mass is 346 g/mol. The minimum atomic E-state index is -0.0530. The molecule has 2 fully saturated rings. The summed E-state index contributed by atoms with van der Waals surface area (Å²) in [5.74, 6) is 0.698. The highest BCUT2D eigenvalue weighted by Gasteiger charge is 2.24. The van der Waals surface area contributed by atoms with Crippen LogP contribution in [-0.4, -0.2) is 61.3 Å². The first-order chi connectivity index (χ1) is 12.2. The van der Waals surface area contributed by atoms with Crippen LogP contribution in [0.15, 0.2) is 18.3 Å². The van der Waals surface area contributed by atoms with Crippen LogP contribution in [0.5, 0.6) is 0 Å². The normalized spacial score (nSPS) is 22.0. The van der Waals surface area contributed by atoms with Gasteiger partial charge in [0.1, 0.15) is 0 Å². The molecule has 6 nitrogen and oxygen atoms in total. The van der Waals surface area contributed by atoms with Gasteiger partial charge in [0, 0.05) is 50.7 Å². The Morgan fingerprint density at radius 3 is 2.84 bits per heavy atom. The molecule has 2 aliphatic heterocycles. The van der Waals surface area contributed by atoms with Gasteiger partial charge >= 0.3 is 6.03 Å². The van der Waals surface area contributed by atoms with E-state index in [0.29, 0.717) is 12.5 Å². The van der Waals surface area contributed by atoms with Gasteiger partial charge in [0.2, 0.25) is 0 Å². The zero-order valence-electron chi connectivity index (χ0n) is 15.2. The summed E-state index contributed by atoms with van der Waals surface area (Å²) in [4.78, 5) is 18.8. The summed E-state index contributed by atoms with van der Waals surface area (Å²) in [5.41, 5.74) is 2.16. The van der Waals surface area contributed by atoms with Crippen molar-refractivity contribution in [2.75, 3.05) is 39.4 Å². The van der Waals surface area contributed by atoms with E-state index in [2.05, 4.69) is 26.6 Å². The molecule has 2 amide bonds. The number of carbonyl (C=O) groups excluding carboxylic acids is 1. The second-order valence-electron chi connectivity index (χ2n) is 7.26. The molecule has 1 aromatic rings. The Balaban J connectivity index is 1.29. The van der Waals surface area contributed by atoms with Crippen molar-refractivity contribution < 1.29 is 9.53 Å². The molecule has 0 aliphatic carbocycles. The van der Waals surface area contributed by atoms with Gasteiger partial charge in [-0.15, -0.1) is 0 Å². The average Bonchev–Trinajstić information content (AvgIpc) is 3.11. The van der Waals surface area contributed by atoms with Crippen LogP contribution in [0, 0.1) is 12.8 Å². The van der Waals surface area contributed by atoms with E-state index in [1.54, 1.807) is 0 Å². The lowest BCUT2D eigenvalue weighted by Crippen LogP contribution is -2.48. The molecule has 2 aliphatic rings. The SMILES string of the molecule is Cc1ccc(CCNC(=O)NC2CCN(CC3CCOC3)CC2)cn1. The van der Waals surface area contributed by atoms with E-state index < -0.39 is 0 Å². The molecule has 6 heteroatoms. The first-order valence-corrected chi connectivity index (χ1v) is 9.45. The number of aryl methyl sites for hydroxylation is 1. The summed E-state index contributed by atoms with van der Waals surface area (Å²) in [5, 5.41) is 6.07. The number of rotatable bonds is 6. The predicted molar refractivity (Wildman–Crippen MR) is 97.6 cm³/mol. The summed E-state index contributed by atoms with van der Waals surface area (Å²) in [6.45, 7) is 7.72. The Bertz CT molecular complexity index is 535. The number of hydrogen-bond donors (Lipinski definition) is 2. The quantitative estimate of drug-likeness (QED) is 0.823. The molecular formula is C19H30N4O2. The van der Waals surface area contributed by atoms with Crippen molar-refractivity contribution in [2.45, 2.75) is 38.6 Å². The maximum Gasteiger partial charge on any atom is 0.315 e. The lowest BCUT2D eigenvalue weighted by molar-refractivity contribution is 0.148. The first-order valence-electron chi connectivity index (χ1n) is 9.45. The zero-order valence-corrected chi connectivity index (χ0v) is 15.2. The molecule has 3 heterocycles. The van der Waals surface area contributed by atoms with Crippen LogP contribution in [0.4, 0.5) is 4.79 Å². The van der Waals surface area contributed by atoms with Gasteiger partial charge in [-0.05, 0) is 50.2 Å². The Labute approximate surface area is 150 Å². The Morgan fingerprint density at radius 1 is 1.32 bits per heavy atom. The van der Waals surface area contributed by atoms with E-state index in [-0.39, 0.29) is 12.1 Å². The summed E-state index contributed by atoms with van der Waals surface area (Å²) in [6, 6.07) is 4.30. The number of ether oxygens (including phenoxy) is 1. The lowest BCUT2D eigenvalue weighted by atomic mass is 10.0. The van der Waals surface area contributed by atoms with Crippen LogP contribution in [0.1, 0.15) is 30.5 Å². The van der Waals surface area contributed by atoms with E-state index in [4.69, 9.17) is 4.74 Å². The van der Waals surface area contributed by atoms with Crippen LogP contribution in [0.25, 0.3) is 0 Å². The highest BCUT2D eigenvalue weighted by Crippen LogP contribution is 2.17. The number of nitrogens with zero attached hydrogens (tertiary/aromatic N) is 2. The highest BCUT2D eigenvalue weighted by molar-refractivity contribution is 5.74. The van der Waals surface area contributed by atoms with Gasteiger partial charge in [-0.25, -0.2) is 4.79 Å². The number of carbonyl (C=O) groups is 1. The van der Waals surface area contributed by atoms with Crippen LogP contribution in [-0.2, 0) is 11.2 Å². The zero-order chi connectivity index (χ0) is 17.5. The molecule has 0 aromatic carbocycles. The third-order valence-corrected chi connectivity index (χ3v) is 5.14. The van der Waals surface area contributed by atoms with E-state index in [0.717, 1.165) is 63.4 Å². The number of urea groups is 1. The predicted octanol–water partition coefficient (Wildman–Crippen LogP) is 1.73. The molecule has 1 unspecified atom stereocenters. The molecule has 1 aromatic heterocycles. The molecule has 3 rings (SSSR count). The van der Waals surface area contributed by atoms with Gasteiger partial charge in [0.15, 0.2) is 0 Å². The first kappa shape index (κ1) is 18.1. The second kappa shape index (κ2) is 9.15. The molecule has 2 N–H and O–H groups in total. The van der Waals surface area contributed by atoms with Crippen LogP contribution in [0.3, 0.4) is 0 Å². The minimum absolute atomic E-state index is 0.0530. The third-order valence-electron chi connectivity index (χ3n) is 5.14. The van der Waals surface area contributed by atoms with Gasteiger partial charge < -0.3 is 20.3 Å². The third kappa shape index (κ3) is 5.97. The molecule has 1 atom stereocenters. The molecule has 0 bridgehead atoms. The van der Waals surface area contributed by atoms with Gasteiger partial charge in [0.05, 0.1) is 6.61 Å². The van der Waals surface area contributed by atoms with Crippen molar-refractivity contribution in [1.82, 2.24) is 20.5 Å². The molecule has 2 saturated heterocycles. The lowest BCUT2D eigenvalue weighted by Gasteiger charge is -2.33. The van der Waals surface area contributed by atoms with Crippen molar-refractivity contribution in [3.63, 3.8) is 0 Å². The number of hydrogen-bond acceptors (Lipinski definition) is 4. The Kier molecular flexibility index (Phi) is 6.64. The van der Waals surface area contributed by atoms with Crippen molar-refractivity contribution in [1.29, 1.82) is 0 Å². The van der Waals surface area contributed by atoms with E-state index in [1.807, 2.05) is 19.2 Å². The number of aromatic nitrogens is 1. The largest absolute Gasteiger partial charge is 0.381 e. The van der Waals surface area contributed by atoms with Gasteiger partial charge in [0.25, 0.3) is 0 Å². The molecule has 0 radical (unpaired) electrons. The fourth-order valence-corrected chi connectivity index (χ4v) is 3.56. The molecule has 25 heavy (non-hydrogen) atoms. The summed E-state index contributed by atoms with van der Waals surface area (Å²) in [6.07, 6.45) is 5.94. The van der Waals surface area contributed by atoms with E-state index in [1.165, 1.54) is 6.42 Å². The molecular weight excluding hydrogens is 316 g/mol. The number of amides is 2. The van der Waals surface area contributed by atoms with Gasteiger partial charge in [-0.1, -0.05) is 6.07 Å². The summed E-state index contributed by atoms with van der Waals surface area (Å²) < 4.78 is 5.45.